The van der Waals surface area contributed by atoms with E-state index < -0.39 is 11.9 Å². The molecular weight excluding hydrogens is 376 g/mol. The van der Waals surface area contributed by atoms with E-state index in [-0.39, 0.29) is 11.3 Å². The van der Waals surface area contributed by atoms with Crippen molar-refractivity contribution >= 4 is 27.9 Å². The van der Waals surface area contributed by atoms with E-state index >= 15 is 0 Å². The van der Waals surface area contributed by atoms with E-state index in [2.05, 4.69) is 22.9 Å². The van der Waals surface area contributed by atoms with Crippen LogP contribution in [-0.2, 0) is 0 Å². The van der Waals surface area contributed by atoms with Crippen LogP contribution in [0.1, 0.15) is 40.5 Å². The van der Waals surface area contributed by atoms with Gasteiger partial charge in [-0.3, -0.25) is 0 Å². The molecule has 0 heterocycles. The molecule has 0 amide bonds. The SMILES string of the molecule is CCCCOc1ccc(C(=O)Oc2cccc(C(=O)O)c2)cc1Br. The molecular formula is C18H17BrO5. The van der Waals surface area contributed by atoms with Crippen LogP contribution in [0.5, 0.6) is 11.5 Å². The first kappa shape index (κ1) is 18.0. The van der Waals surface area contributed by atoms with Gasteiger partial charge in [-0.2, -0.15) is 0 Å². The Balaban J connectivity index is 2.08. The zero-order valence-electron chi connectivity index (χ0n) is 13.1. The van der Waals surface area contributed by atoms with E-state index in [1.54, 1.807) is 18.2 Å². The highest BCUT2D eigenvalue weighted by atomic mass is 79.9. The Bertz CT molecular complexity index is 742. The molecule has 0 unspecified atom stereocenters. The Morgan fingerprint density at radius 2 is 1.92 bits per heavy atom. The van der Waals surface area contributed by atoms with Gasteiger partial charge in [0.15, 0.2) is 0 Å². The summed E-state index contributed by atoms with van der Waals surface area (Å²) in [7, 11) is 0. The number of aromatic carboxylic acids is 1. The summed E-state index contributed by atoms with van der Waals surface area (Å²) in [6, 6.07) is 10.7. The molecule has 0 bridgehead atoms. The van der Waals surface area contributed by atoms with Crippen LogP contribution in [-0.4, -0.2) is 23.7 Å². The molecule has 0 aromatic heterocycles. The molecule has 0 aliphatic carbocycles. The highest BCUT2D eigenvalue weighted by molar-refractivity contribution is 9.10. The van der Waals surface area contributed by atoms with Crippen molar-refractivity contribution in [2.45, 2.75) is 19.8 Å². The highest BCUT2D eigenvalue weighted by Gasteiger charge is 2.13. The van der Waals surface area contributed by atoms with Gasteiger partial charge in [-0.25, -0.2) is 9.59 Å². The Hall–Kier alpha value is -2.34. The number of unbranched alkanes of at least 4 members (excludes halogenated alkanes) is 1. The topological polar surface area (TPSA) is 72.8 Å². The number of ether oxygens (including phenoxy) is 2. The van der Waals surface area contributed by atoms with Crippen LogP contribution in [0, 0.1) is 0 Å². The molecule has 2 rings (SSSR count). The highest BCUT2D eigenvalue weighted by Crippen LogP contribution is 2.27. The number of esters is 1. The lowest BCUT2D eigenvalue weighted by Crippen LogP contribution is -2.09. The third-order valence-electron chi connectivity index (χ3n) is 3.21. The fraction of sp³-hybridized carbons (Fsp3) is 0.222. The standard InChI is InChI=1S/C18H17BrO5/c1-2-3-9-23-16-8-7-13(11-15(16)19)18(22)24-14-6-4-5-12(10-14)17(20)21/h4-8,10-11H,2-3,9H2,1H3,(H,20,21). The van der Waals surface area contributed by atoms with E-state index in [9.17, 15) is 9.59 Å². The number of hydrogen-bond acceptors (Lipinski definition) is 4. The van der Waals surface area contributed by atoms with Crippen molar-refractivity contribution in [3.8, 4) is 11.5 Å². The monoisotopic (exact) mass is 392 g/mol. The number of carbonyl (C=O) groups is 2. The van der Waals surface area contributed by atoms with E-state index in [1.807, 2.05) is 0 Å². The normalized spacial score (nSPS) is 10.2. The minimum atomic E-state index is -1.08. The lowest BCUT2D eigenvalue weighted by molar-refractivity contribution is 0.0687. The smallest absolute Gasteiger partial charge is 0.343 e. The maximum atomic E-state index is 12.2. The van der Waals surface area contributed by atoms with Gasteiger partial charge in [-0.1, -0.05) is 19.4 Å². The molecule has 0 fully saturated rings. The van der Waals surface area contributed by atoms with Gasteiger partial charge in [0.2, 0.25) is 0 Å². The lowest BCUT2D eigenvalue weighted by atomic mass is 10.2. The zero-order chi connectivity index (χ0) is 17.5. The van der Waals surface area contributed by atoms with Crippen molar-refractivity contribution in [1.29, 1.82) is 0 Å². The molecule has 0 spiro atoms. The Morgan fingerprint density at radius 1 is 1.12 bits per heavy atom. The number of halogens is 1. The maximum absolute atomic E-state index is 12.2. The summed E-state index contributed by atoms with van der Waals surface area (Å²) in [5.74, 6) is -0.810. The van der Waals surface area contributed by atoms with Gasteiger partial charge in [0.05, 0.1) is 22.2 Å². The van der Waals surface area contributed by atoms with E-state index in [1.165, 1.54) is 24.3 Å². The molecule has 24 heavy (non-hydrogen) atoms. The average Bonchev–Trinajstić information content (AvgIpc) is 2.56. The number of carboxylic acid groups (broad SMARTS) is 1. The largest absolute Gasteiger partial charge is 0.492 e. The average molecular weight is 393 g/mol. The van der Waals surface area contributed by atoms with E-state index in [0.717, 1.165) is 12.8 Å². The van der Waals surface area contributed by atoms with Crippen LogP contribution in [0.3, 0.4) is 0 Å². The fourth-order valence-electron chi connectivity index (χ4n) is 1.93. The lowest BCUT2D eigenvalue weighted by Gasteiger charge is -2.09. The summed E-state index contributed by atoms with van der Waals surface area (Å²) in [5, 5.41) is 8.96. The number of benzene rings is 2. The van der Waals surface area contributed by atoms with Gasteiger partial charge < -0.3 is 14.6 Å². The third-order valence-corrected chi connectivity index (χ3v) is 3.83. The van der Waals surface area contributed by atoms with E-state index in [0.29, 0.717) is 22.4 Å². The van der Waals surface area contributed by atoms with Crippen LogP contribution >= 0.6 is 15.9 Å². The van der Waals surface area contributed by atoms with Gasteiger partial charge in [0, 0.05) is 0 Å². The summed E-state index contributed by atoms with van der Waals surface area (Å²) in [6.45, 7) is 2.69. The fourth-order valence-corrected chi connectivity index (χ4v) is 2.42. The van der Waals surface area contributed by atoms with Gasteiger partial charge >= 0.3 is 11.9 Å². The Labute approximate surface area is 148 Å². The van der Waals surface area contributed by atoms with Crippen LogP contribution in [0.15, 0.2) is 46.9 Å². The first-order valence-electron chi connectivity index (χ1n) is 7.49. The number of rotatable bonds is 7. The zero-order valence-corrected chi connectivity index (χ0v) is 14.7. The number of carboxylic acids is 1. The third kappa shape index (κ3) is 4.83. The summed E-state index contributed by atoms with van der Waals surface area (Å²) in [5.41, 5.74) is 0.395. The van der Waals surface area contributed by atoms with Gasteiger partial charge in [0.25, 0.3) is 0 Å². The predicted octanol–water partition coefficient (Wildman–Crippen LogP) is 4.55. The quantitative estimate of drug-likeness (QED) is 0.425. The van der Waals surface area contributed by atoms with Crippen LogP contribution in [0.25, 0.3) is 0 Å². The molecule has 0 aliphatic heterocycles. The Morgan fingerprint density at radius 3 is 2.58 bits per heavy atom. The van der Waals surface area contributed by atoms with Gasteiger partial charge in [-0.15, -0.1) is 0 Å². The number of carbonyl (C=O) groups excluding carboxylic acids is 1. The molecule has 126 valence electrons. The van der Waals surface area contributed by atoms with Crippen molar-refractivity contribution < 1.29 is 24.2 Å². The van der Waals surface area contributed by atoms with Crippen molar-refractivity contribution in [3.63, 3.8) is 0 Å². The molecule has 0 saturated heterocycles. The second-order valence-electron chi connectivity index (χ2n) is 5.07. The Kier molecular flexibility index (Phi) is 6.37. The van der Waals surface area contributed by atoms with Crippen LogP contribution in [0.4, 0.5) is 0 Å². The van der Waals surface area contributed by atoms with Crippen molar-refractivity contribution in [3.05, 3.63) is 58.1 Å². The summed E-state index contributed by atoms with van der Waals surface area (Å²) >= 11 is 3.37. The van der Waals surface area contributed by atoms with Gasteiger partial charge in [-0.05, 0) is 58.7 Å². The summed E-state index contributed by atoms with van der Waals surface area (Å²) in [4.78, 5) is 23.1. The molecule has 1 N–H and O–H groups in total. The molecule has 2 aromatic rings. The first-order valence-corrected chi connectivity index (χ1v) is 8.28. The van der Waals surface area contributed by atoms with Crippen molar-refractivity contribution in [2.24, 2.45) is 0 Å². The second kappa shape index (κ2) is 8.49. The van der Waals surface area contributed by atoms with Gasteiger partial charge in [0.1, 0.15) is 11.5 Å². The molecule has 0 aliphatic rings. The molecule has 2 aromatic carbocycles. The van der Waals surface area contributed by atoms with Crippen LogP contribution in [0.2, 0.25) is 0 Å². The maximum Gasteiger partial charge on any atom is 0.343 e. The number of hydrogen-bond donors (Lipinski definition) is 1. The van der Waals surface area contributed by atoms with Crippen molar-refractivity contribution in [1.82, 2.24) is 0 Å². The van der Waals surface area contributed by atoms with Crippen LogP contribution < -0.4 is 9.47 Å². The summed E-state index contributed by atoms with van der Waals surface area (Å²) < 4.78 is 11.5. The molecule has 5 nitrogen and oxygen atoms in total. The van der Waals surface area contributed by atoms with Crippen molar-refractivity contribution in [2.75, 3.05) is 6.61 Å². The first-order chi connectivity index (χ1) is 11.5. The van der Waals surface area contributed by atoms with E-state index in [4.69, 9.17) is 14.6 Å². The predicted molar refractivity (Wildman–Crippen MR) is 92.9 cm³/mol. The minimum absolute atomic E-state index is 0.0566. The summed E-state index contributed by atoms with van der Waals surface area (Å²) in [6.07, 6.45) is 1.99. The molecule has 0 atom stereocenters. The minimum Gasteiger partial charge on any atom is -0.492 e. The molecule has 6 heteroatoms. The molecule has 0 radical (unpaired) electrons. The molecule has 0 saturated carbocycles. The second-order valence-corrected chi connectivity index (χ2v) is 5.92.